The molecule has 1 saturated heterocycles. The fourth-order valence-electron chi connectivity index (χ4n) is 3.74. The topological polar surface area (TPSA) is 76.1 Å². The van der Waals surface area contributed by atoms with Gasteiger partial charge >= 0.3 is 5.97 Å². The van der Waals surface area contributed by atoms with Gasteiger partial charge in [0.2, 0.25) is 5.91 Å². The van der Waals surface area contributed by atoms with Crippen molar-refractivity contribution in [3.05, 3.63) is 23.8 Å². The van der Waals surface area contributed by atoms with Gasteiger partial charge in [-0.3, -0.25) is 9.59 Å². The van der Waals surface area contributed by atoms with E-state index in [4.69, 9.17) is 9.47 Å². The van der Waals surface area contributed by atoms with Gasteiger partial charge in [0.1, 0.15) is 13.2 Å². The highest BCUT2D eigenvalue weighted by Gasteiger charge is 2.47. The van der Waals surface area contributed by atoms with E-state index in [1.165, 1.54) is 0 Å². The molecule has 1 aliphatic carbocycles. The summed E-state index contributed by atoms with van der Waals surface area (Å²) in [6.45, 7) is 2.13. The van der Waals surface area contributed by atoms with Crippen molar-refractivity contribution < 1.29 is 24.2 Å². The summed E-state index contributed by atoms with van der Waals surface area (Å²) < 4.78 is 11.1. The van der Waals surface area contributed by atoms with Crippen LogP contribution in [0.5, 0.6) is 11.5 Å². The second-order valence-electron chi connectivity index (χ2n) is 6.81. The van der Waals surface area contributed by atoms with Crippen LogP contribution in [0.2, 0.25) is 0 Å². The Kier molecular flexibility index (Phi) is 3.82. The maximum atomic E-state index is 12.7. The molecule has 3 atom stereocenters. The summed E-state index contributed by atoms with van der Waals surface area (Å²) in [5.41, 5.74) is 1.10. The van der Waals surface area contributed by atoms with Crippen molar-refractivity contribution in [1.82, 2.24) is 4.90 Å². The highest BCUT2D eigenvalue weighted by molar-refractivity contribution is 5.84. The molecule has 1 amide bonds. The molecule has 2 aliphatic heterocycles. The van der Waals surface area contributed by atoms with E-state index in [0.29, 0.717) is 32.7 Å². The predicted molar refractivity (Wildman–Crippen MR) is 85.2 cm³/mol. The van der Waals surface area contributed by atoms with Crippen molar-refractivity contribution in [2.24, 2.45) is 11.8 Å². The number of rotatable bonds is 3. The molecular formula is C18H21NO5. The second-order valence-corrected chi connectivity index (χ2v) is 6.81. The zero-order chi connectivity index (χ0) is 16.7. The number of likely N-dealkylation sites (tertiary alicyclic amines) is 1. The van der Waals surface area contributed by atoms with Crippen LogP contribution in [0.25, 0.3) is 0 Å². The zero-order valence-electron chi connectivity index (χ0n) is 13.4. The van der Waals surface area contributed by atoms with Gasteiger partial charge in [0.15, 0.2) is 11.5 Å². The van der Waals surface area contributed by atoms with Crippen molar-refractivity contribution in [1.29, 1.82) is 0 Å². The van der Waals surface area contributed by atoms with Gasteiger partial charge in [-0.05, 0) is 42.9 Å². The first-order chi connectivity index (χ1) is 11.6. The van der Waals surface area contributed by atoms with E-state index < -0.39 is 11.9 Å². The first-order valence-electron chi connectivity index (χ1n) is 8.54. The number of carboxylic acid groups (broad SMARTS) is 1. The van der Waals surface area contributed by atoms with Gasteiger partial charge < -0.3 is 19.5 Å². The Morgan fingerprint density at radius 1 is 1.17 bits per heavy atom. The number of hydrogen-bond donors (Lipinski definition) is 1. The van der Waals surface area contributed by atoms with Crippen LogP contribution in [0, 0.1) is 11.8 Å². The number of piperidine rings is 1. The van der Waals surface area contributed by atoms with Crippen LogP contribution in [0.15, 0.2) is 18.2 Å². The Labute approximate surface area is 140 Å². The molecular weight excluding hydrogens is 310 g/mol. The lowest BCUT2D eigenvalue weighted by Crippen LogP contribution is -2.43. The SMILES string of the molecule is O=C(O)[C@@H]1CCCN(C(=O)[C@H]2C[C@H]2c2ccc3c(c2)OCCO3)C1. The van der Waals surface area contributed by atoms with Gasteiger partial charge in [-0.25, -0.2) is 0 Å². The average Bonchev–Trinajstić information content (AvgIpc) is 3.41. The van der Waals surface area contributed by atoms with Crippen LogP contribution >= 0.6 is 0 Å². The number of hydrogen-bond acceptors (Lipinski definition) is 4. The molecule has 1 N–H and O–H groups in total. The van der Waals surface area contributed by atoms with Gasteiger partial charge in [0, 0.05) is 19.0 Å². The Balaban J connectivity index is 1.42. The smallest absolute Gasteiger partial charge is 0.308 e. The summed E-state index contributed by atoms with van der Waals surface area (Å²) in [7, 11) is 0. The third-order valence-corrected chi connectivity index (χ3v) is 5.18. The van der Waals surface area contributed by atoms with E-state index in [1.807, 2.05) is 18.2 Å². The molecule has 6 heteroatoms. The van der Waals surface area contributed by atoms with Gasteiger partial charge in [-0.15, -0.1) is 0 Å². The maximum absolute atomic E-state index is 12.7. The zero-order valence-corrected chi connectivity index (χ0v) is 13.4. The quantitative estimate of drug-likeness (QED) is 0.915. The number of carbonyl (C=O) groups is 2. The van der Waals surface area contributed by atoms with Crippen LogP contribution in [-0.2, 0) is 9.59 Å². The lowest BCUT2D eigenvalue weighted by Gasteiger charge is -2.31. The molecule has 0 bridgehead atoms. The number of nitrogens with zero attached hydrogens (tertiary/aromatic N) is 1. The minimum absolute atomic E-state index is 0.0277. The summed E-state index contributed by atoms with van der Waals surface area (Å²) in [5.74, 6) is 0.565. The third kappa shape index (κ3) is 2.81. The van der Waals surface area contributed by atoms with Crippen molar-refractivity contribution in [2.45, 2.75) is 25.2 Å². The summed E-state index contributed by atoms with van der Waals surface area (Å²) in [6, 6.07) is 5.88. The predicted octanol–water partition coefficient (Wildman–Crippen LogP) is 1.88. The largest absolute Gasteiger partial charge is 0.486 e. The second kappa shape index (κ2) is 6.00. The first-order valence-corrected chi connectivity index (χ1v) is 8.54. The van der Waals surface area contributed by atoms with E-state index in [0.717, 1.165) is 29.9 Å². The summed E-state index contributed by atoms with van der Waals surface area (Å²) >= 11 is 0. The molecule has 1 aromatic rings. The average molecular weight is 331 g/mol. The molecule has 24 heavy (non-hydrogen) atoms. The first kappa shape index (κ1) is 15.3. The Bertz CT molecular complexity index is 673. The van der Waals surface area contributed by atoms with Gasteiger partial charge in [-0.1, -0.05) is 6.07 Å². The van der Waals surface area contributed by atoms with Crippen LogP contribution in [-0.4, -0.2) is 48.2 Å². The number of fused-ring (bicyclic) bond motifs is 1. The molecule has 2 fully saturated rings. The van der Waals surface area contributed by atoms with Crippen LogP contribution in [0.3, 0.4) is 0 Å². The minimum Gasteiger partial charge on any atom is -0.486 e. The van der Waals surface area contributed by atoms with Crippen molar-refractivity contribution in [2.75, 3.05) is 26.3 Å². The van der Waals surface area contributed by atoms with Gasteiger partial charge in [0.25, 0.3) is 0 Å². The number of carbonyl (C=O) groups excluding carboxylic acids is 1. The number of aliphatic carboxylic acids is 1. The number of ether oxygens (including phenoxy) is 2. The summed E-state index contributed by atoms with van der Waals surface area (Å²) in [6.07, 6.45) is 2.26. The van der Waals surface area contributed by atoms with Crippen LogP contribution in [0.1, 0.15) is 30.7 Å². The normalized spacial score (nSPS) is 28.3. The monoisotopic (exact) mass is 331 g/mol. The molecule has 6 nitrogen and oxygen atoms in total. The Morgan fingerprint density at radius 2 is 1.96 bits per heavy atom. The summed E-state index contributed by atoms with van der Waals surface area (Å²) in [5, 5.41) is 9.17. The van der Waals surface area contributed by atoms with Gasteiger partial charge in [-0.2, -0.15) is 0 Å². The molecule has 1 saturated carbocycles. The molecule has 0 radical (unpaired) electrons. The lowest BCUT2D eigenvalue weighted by atomic mass is 9.97. The fraction of sp³-hybridized carbons (Fsp3) is 0.556. The molecule has 1 aromatic carbocycles. The number of amides is 1. The minimum atomic E-state index is -0.799. The lowest BCUT2D eigenvalue weighted by molar-refractivity contribution is -0.146. The number of benzene rings is 1. The van der Waals surface area contributed by atoms with E-state index in [-0.39, 0.29) is 17.7 Å². The molecule has 0 unspecified atom stereocenters. The molecule has 3 aliphatic rings. The Morgan fingerprint density at radius 3 is 2.75 bits per heavy atom. The van der Waals surface area contributed by atoms with Crippen LogP contribution in [0.4, 0.5) is 0 Å². The van der Waals surface area contributed by atoms with E-state index in [1.54, 1.807) is 4.90 Å². The summed E-state index contributed by atoms with van der Waals surface area (Å²) in [4.78, 5) is 25.6. The highest BCUT2D eigenvalue weighted by atomic mass is 16.6. The fourth-order valence-corrected chi connectivity index (χ4v) is 3.74. The molecule has 2 heterocycles. The molecule has 0 aromatic heterocycles. The van der Waals surface area contributed by atoms with Gasteiger partial charge in [0.05, 0.1) is 5.92 Å². The van der Waals surface area contributed by atoms with Crippen molar-refractivity contribution in [3.8, 4) is 11.5 Å². The molecule has 4 rings (SSSR count). The van der Waals surface area contributed by atoms with Crippen molar-refractivity contribution >= 4 is 11.9 Å². The Hall–Kier alpha value is -2.24. The third-order valence-electron chi connectivity index (χ3n) is 5.18. The van der Waals surface area contributed by atoms with E-state index in [9.17, 15) is 14.7 Å². The van der Waals surface area contributed by atoms with E-state index in [2.05, 4.69) is 0 Å². The highest BCUT2D eigenvalue weighted by Crippen LogP contribution is 2.50. The number of carboxylic acids is 1. The van der Waals surface area contributed by atoms with Crippen LogP contribution < -0.4 is 9.47 Å². The molecule has 128 valence electrons. The maximum Gasteiger partial charge on any atom is 0.308 e. The molecule has 0 spiro atoms. The van der Waals surface area contributed by atoms with E-state index >= 15 is 0 Å². The van der Waals surface area contributed by atoms with Crippen molar-refractivity contribution in [3.63, 3.8) is 0 Å². The standard InChI is InChI=1S/C18H21NO5/c20-17(19-5-1-2-12(10-19)18(21)22)14-9-13(14)11-3-4-15-16(8-11)24-7-6-23-15/h3-4,8,12-14H,1-2,5-7,9-10H2,(H,21,22)/t12-,13+,14+/m1/s1.